The van der Waals surface area contributed by atoms with Gasteiger partial charge in [-0.25, -0.2) is 14.4 Å². The Hall–Kier alpha value is -5.24. The molecule has 3 rings (SSSR count). The maximum Gasteiger partial charge on any atom is 0.338 e. The van der Waals surface area contributed by atoms with E-state index in [9.17, 15) is 19.2 Å². The smallest absolute Gasteiger partial charge is 0.338 e. The second-order valence-corrected chi connectivity index (χ2v) is 10.4. The molecule has 0 bridgehead atoms. The van der Waals surface area contributed by atoms with Gasteiger partial charge in [0.2, 0.25) is 0 Å². The molecule has 8 heteroatoms. The predicted octanol–water partition coefficient (Wildman–Crippen LogP) is 7.81. The van der Waals surface area contributed by atoms with Crippen molar-refractivity contribution in [2.75, 3.05) is 0 Å². The molecule has 0 fully saturated rings. The van der Waals surface area contributed by atoms with Crippen LogP contribution in [0.1, 0.15) is 48.5 Å². The topological polar surface area (TPSA) is 105 Å². The van der Waals surface area contributed by atoms with E-state index in [0.717, 1.165) is 0 Å². The zero-order valence-electron chi connectivity index (χ0n) is 26.0. The highest BCUT2D eigenvalue weighted by atomic mass is 16.5. The second kappa shape index (κ2) is 14.8. The Morgan fingerprint density at radius 3 is 1.34 bits per heavy atom. The highest BCUT2D eigenvalue weighted by molar-refractivity contribution is 5.94. The number of esters is 4. The molecule has 3 aromatic carbocycles. The number of carbonyl (C=O) groups is 4. The molecule has 0 unspecified atom stereocenters. The van der Waals surface area contributed by atoms with Crippen molar-refractivity contribution in [3.63, 3.8) is 0 Å². The van der Waals surface area contributed by atoms with E-state index in [-0.39, 0.29) is 29.0 Å². The van der Waals surface area contributed by atoms with Crippen LogP contribution in [0.25, 0.3) is 22.3 Å². The van der Waals surface area contributed by atoms with Crippen LogP contribution >= 0.6 is 0 Å². The third-order valence-electron chi connectivity index (χ3n) is 6.58. The molecule has 0 heterocycles. The van der Waals surface area contributed by atoms with Gasteiger partial charge in [-0.15, -0.1) is 0 Å². The summed E-state index contributed by atoms with van der Waals surface area (Å²) in [5, 5.41) is 0. The quantitative estimate of drug-likeness (QED) is 0.133. The lowest BCUT2D eigenvalue weighted by Crippen LogP contribution is -2.14. The maximum absolute atomic E-state index is 12.9. The van der Waals surface area contributed by atoms with E-state index in [0.29, 0.717) is 44.9 Å². The van der Waals surface area contributed by atoms with Gasteiger partial charge in [0.15, 0.2) is 0 Å². The Labute approximate surface area is 257 Å². The van der Waals surface area contributed by atoms with Crippen molar-refractivity contribution in [1.29, 1.82) is 0 Å². The molecule has 0 spiro atoms. The van der Waals surface area contributed by atoms with Crippen molar-refractivity contribution in [1.82, 2.24) is 0 Å². The molecule has 8 nitrogen and oxygen atoms in total. The van der Waals surface area contributed by atoms with Crippen LogP contribution in [-0.2, 0) is 19.2 Å². The lowest BCUT2D eigenvalue weighted by Gasteiger charge is -2.18. The summed E-state index contributed by atoms with van der Waals surface area (Å²) in [5.74, 6) is -1.27. The van der Waals surface area contributed by atoms with Crippen molar-refractivity contribution in [3.05, 3.63) is 96.1 Å². The van der Waals surface area contributed by atoms with Crippen molar-refractivity contribution in [3.8, 4) is 45.3 Å². The minimum absolute atomic E-state index is 0.204. The Bertz CT molecular complexity index is 1640. The van der Waals surface area contributed by atoms with Crippen molar-refractivity contribution < 1.29 is 38.1 Å². The molecule has 44 heavy (non-hydrogen) atoms. The summed E-state index contributed by atoms with van der Waals surface area (Å²) in [5.41, 5.74) is 3.18. The van der Waals surface area contributed by atoms with Gasteiger partial charge in [0, 0.05) is 27.8 Å². The zero-order chi connectivity index (χ0) is 32.6. The number of carbonyl (C=O) groups excluding carboxylic acids is 4. The fourth-order valence-electron chi connectivity index (χ4n) is 3.61. The number of hydrogen-bond donors (Lipinski definition) is 0. The van der Waals surface area contributed by atoms with Gasteiger partial charge in [-0.2, -0.15) is 0 Å². The molecular weight excluding hydrogens is 560 g/mol. The molecule has 0 aliphatic rings. The highest BCUT2D eigenvalue weighted by Gasteiger charge is 2.21. The number of allylic oxidation sites excluding steroid dienone is 2. The van der Waals surface area contributed by atoms with E-state index < -0.39 is 17.9 Å². The lowest BCUT2D eigenvalue weighted by atomic mass is 9.97. The molecule has 0 amide bonds. The molecular formula is C36H36O8. The van der Waals surface area contributed by atoms with Crippen LogP contribution in [0.4, 0.5) is 0 Å². The van der Waals surface area contributed by atoms with Crippen LogP contribution in [0.3, 0.4) is 0 Å². The molecule has 0 saturated heterocycles. The first-order valence-electron chi connectivity index (χ1n) is 14.0. The third-order valence-corrected chi connectivity index (χ3v) is 6.58. The van der Waals surface area contributed by atoms with E-state index in [1.165, 1.54) is 0 Å². The third kappa shape index (κ3) is 8.41. The SMILES string of the molecule is C=C(C)C(=O)Oc1ccc(-c2cc(OC(=O)/C(C)=C/C)c(-c3ccc(OC(=O)C(C)C)cc3)cc2OC(=O)/C(C)=C/C)cc1. The van der Waals surface area contributed by atoms with Crippen molar-refractivity contribution >= 4 is 23.9 Å². The van der Waals surface area contributed by atoms with Gasteiger partial charge in [-0.05, 0) is 82.1 Å². The van der Waals surface area contributed by atoms with Gasteiger partial charge in [-0.3, -0.25) is 4.79 Å². The van der Waals surface area contributed by atoms with Gasteiger partial charge < -0.3 is 18.9 Å². The second-order valence-electron chi connectivity index (χ2n) is 10.4. The molecule has 0 radical (unpaired) electrons. The summed E-state index contributed by atoms with van der Waals surface area (Å²) < 4.78 is 22.4. The Balaban J connectivity index is 2.20. The Kier molecular flexibility index (Phi) is 11.2. The summed E-state index contributed by atoms with van der Waals surface area (Å²) in [7, 11) is 0. The monoisotopic (exact) mass is 596 g/mol. The number of rotatable bonds is 10. The molecule has 3 aromatic rings. The first kappa shape index (κ1) is 33.3. The number of hydrogen-bond acceptors (Lipinski definition) is 8. The molecule has 0 saturated carbocycles. The Morgan fingerprint density at radius 2 is 1.00 bits per heavy atom. The molecule has 0 atom stereocenters. The first-order chi connectivity index (χ1) is 20.8. The zero-order valence-corrected chi connectivity index (χ0v) is 26.0. The standard InChI is InChI=1S/C36H36O8/c1-9-23(7)35(39)43-31-19-30(26-13-17-28(18-14-26)42-34(38)22(5)6)32(44-36(40)24(8)10-2)20-29(31)25-11-15-27(16-12-25)41-33(37)21(3)4/h9-20,22H,3H2,1-2,4-8H3/b23-9+,24-10+. The number of ether oxygens (including phenoxy) is 4. The minimum Gasteiger partial charge on any atom is -0.426 e. The fraction of sp³-hybridized carbons (Fsp3) is 0.222. The molecule has 0 aromatic heterocycles. The van der Waals surface area contributed by atoms with Crippen LogP contribution in [-0.4, -0.2) is 23.9 Å². The fourth-order valence-corrected chi connectivity index (χ4v) is 3.61. The molecule has 228 valence electrons. The largest absolute Gasteiger partial charge is 0.426 e. The Morgan fingerprint density at radius 1 is 0.614 bits per heavy atom. The van der Waals surface area contributed by atoms with E-state index in [2.05, 4.69) is 6.58 Å². The van der Waals surface area contributed by atoms with Crippen LogP contribution < -0.4 is 18.9 Å². The summed E-state index contributed by atoms with van der Waals surface area (Å²) in [6, 6.07) is 16.5. The summed E-state index contributed by atoms with van der Waals surface area (Å²) in [6.07, 6.45) is 3.28. The van der Waals surface area contributed by atoms with Gasteiger partial charge in [0.05, 0.1) is 5.92 Å². The summed E-state index contributed by atoms with van der Waals surface area (Å²) >= 11 is 0. The minimum atomic E-state index is -0.558. The van der Waals surface area contributed by atoms with E-state index in [4.69, 9.17) is 18.9 Å². The number of benzene rings is 3. The van der Waals surface area contributed by atoms with Gasteiger partial charge >= 0.3 is 23.9 Å². The van der Waals surface area contributed by atoms with Crippen molar-refractivity contribution in [2.24, 2.45) is 5.92 Å². The first-order valence-corrected chi connectivity index (χ1v) is 14.0. The predicted molar refractivity (Wildman–Crippen MR) is 168 cm³/mol. The molecule has 0 N–H and O–H groups in total. The van der Waals surface area contributed by atoms with Gasteiger partial charge in [-0.1, -0.05) is 56.8 Å². The molecule has 0 aliphatic heterocycles. The van der Waals surface area contributed by atoms with E-state index in [1.54, 1.807) is 121 Å². The van der Waals surface area contributed by atoms with Gasteiger partial charge in [0.25, 0.3) is 0 Å². The average Bonchev–Trinajstić information content (AvgIpc) is 3.01. The lowest BCUT2D eigenvalue weighted by molar-refractivity contribution is -0.138. The van der Waals surface area contributed by atoms with Gasteiger partial charge in [0.1, 0.15) is 23.0 Å². The molecule has 0 aliphatic carbocycles. The maximum atomic E-state index is 12.9. The van der Waals surface area contributed by atoms with E-state index >= 15 is 0 Å². The normalized spacial score (nSPS) is 11.5. The average molecular weight is 597 g/mol. The van der Waals surface area contributed by atoms with Crippen LogP contribution in [0.5, 0.6) is 23.0 Å². The summed E-state index contributed by atoms with van der Waals surface area (Å²) in [6.45, 7) is 15.4. The van der Waals surface area contributed by atoms with Crippen LogP contribution in [0.2, 0.25) is 0 Å². The summed E-state index contributed by atoms with van der Waals surface area (Å²) in [4.78, 5) is 49.9. The van der Waals surface area contributed by atoms with E-state index in [1.807, 2.05) is 0 Å². The van der Waals surface area contributed by atoms with Crippen LogP contribution in [0, 0.1) is 5.92 Å². The van der Waals surface area contributed by atoms with Crippen LogP contribution in [0.15, 0.2) is 96.1 Å². The van der Waals surface area contributed by atoms with Crippen molar-refractivity contribution in [2.45, 2.75) is 48.5 Å². The highest BCUT2D eigenvalue weighted by Crippen LogP contribution is 2.42.